The zero-order chi connectivity index (χ0) is 17.7. The minimum absolute atomic E-state index is 0.0445. The molecule has 4 nitrogen and oxygen atoms in total. The summed E-state index contributed by atoms with van der Waals surface area (Å²) in [5.41, 5.74) is -0.696. The highest BCUT2D eigenvalue weighted by Crippen LogP contribution is 2.32. The SMILES string of the molecule is CN(Cc1ccccc1C(F)(F)F)C(=O)CN1CCCCCC1=O. The molecule has 0 N–H and O–H groups in total. The highest BCUT2D eigenvalue weighted by Gasteiger charge is 2.33. The van der Waals surface area contributed by atoms with Gasteiger partial charge in [-0.3, -0.25) is 9.59 Å². The second kappa shape index (κ2) is 7.68. The number of alkyl halides is 3. The Morgan fingerprint density at radius 1 is 1.21 bits per heavy atom. The lowest BCUT2D eigenvalue weighted by molar-refractivity contribution is -0.141. The van der Waals surface area contributed by atoms with Gasteiger partial charge in [-0.25, -0.2) is 0 Å². The number of benzene rings is 1. The van der Waals surface area contributed by atoms with E-state index in [1.807, 2.05) is 0 Å². The van der Waals surface area contributed by atoms with Gasteiger partial charge in [0.1, 0.15) is 0 Å². The number of hydrogen-bond acceptors (Lipinski definition) is 2. The molecule has 0 aromatic heterocycles. The van der Waals surface area contributed by atoms with Crippen LogP contribution >= 0.6 is 0 Å². The van der Waals surface area contributed by atoms with E-state index in [1.165, 1.54) is 35.0 Å². The number of likely N-dealkylation sites (tertiary alicyclic amines) is 1. The van der Waals surface area contributed by atoms with Gasteiger partial charge in [-0.2, -0.15) is 13.2 Å². The summed E-state index contributed by atoms with van der Waals surface area (Å²) in [6.45, 7) is 0.303. The van der Waals surface area contributed by atoms with E-state index >= 15 is 0 Å². The van der Waals surface area contributed by atoms with Crippen LogP contribution in [-0.4, -0.2) is 41.8 Å². The number of carbonyl (C=O) groups is 2. The van der Waals surface area contributed by atoms with E-state index in [0.29, 0.717) is 13.0 Å². The van der Waals surface area contributed by atoms with Gasteiger partial charge in [-0.05, 0) is 24.5 Å². The molecule has 2 rings (SSSR count). The summed E-state index contributed by atoms with van der Waals surface area (Å²) in [7, 11) is 1.46. The van der Waals surface area contributed by atoms with Gasteiger partial charge in [0.05, 0.1) is 12.1 Å². The molecule has 0 radical (unpaired) electrons. The third-order valence-corrected chi connectivity index (χ3v) is 4.15. The number of rotatable bonds is 4. The predicted molar refractivity (Wildman–Crippen MR) is 83.0 cm³/mol. The van der Waals surface area contributed by atoms with E-state index in [1.54, 1.807) is 0 Å². The van der Waals surface area contributed by atoms with Gasteiger partial charge in [0.25, 0.3) is 0 Å². The van der Waals surface area contributed by atoms with Crippen molar-refractivity contribution in [2.45, 2.75) is 38.4 Å². The summed E-state index contributed by atoms with van der Waals surface area (Å²) in [6.07, 6.45) is -1.42. The molecule has 0 atom stereocenters. The highest BCUT2D eigenvalue weighted by molar-refractivity contribution is 5.84. The second-order valence-electron chi connectivity index (χ2n) is 6.03. The first kappa shape index (κ1) is 18.3. The summed E-state index contributed by atoms with van der Waals surface area (Å²) in [4.78, 5) is 26.9. The second-order valence-corrected chi connectivity index (χ2v) is 6.03. The molecular weight excluding hydrogens is 321 g/mol. The lowest BCUT2D eigenvalue weighted by atomic mass is 10.1. The molecule has 1 aromatic carbocycles. The van der Waals surface area contributed by atoms with E-state index in [4.69, 9.17) is 0 Å². The molecule has 0 spiro atoms. The summed E-state index contributed by atoms with van der Waals surface area (Å²) >= 11 is 0. The van der Waals surface area contributed by atoms with Crippen molar-refractivity contribution < 1.29 is 22.8 Å². The average molecular weight is 342 g/mol. The minimum atomic E-state index is -4.46. The van der Waals surface area contributed by atoms with Gasteiger partial charge in [0.15, 0.2) is 0 Å². The zero-order valence-corrected chi connectivity index (χ0v) is 13.6. The van der Waals surface area contributed by atoms with Crippen molar-refractivity contribution >= 4 is 11.8 Å². The zero-order valence-electron chi connectivity index (χ0n) is 13.6. The number of carbonyl (C=O) groups excluding carboxylic acids is 2. The van der Waals surface area contributed by atoms with Gasteiger partial charge in [-0.1, -0.05) is 24.6 Å². The standard InChI is InChI=1S/C17H21F3N2O2/c1-21(11-13-7-4-5-8-14(13)17(18,19)20)16(24)12-22-10-6-2-3-9-15(22)23/h4-5,7-8H,2-3,6,9-12H2,1H3. The van der Waals surface area contributed by atoms with Crippen LogP contribution < -0.4 is 0 Å². The first-order chi connectivity index (χ1) is 11.3. The van der Waals surface area contributed by atoms with E-state index in [2.05, 4.69) is 0 Å². The molecule has 132 valence electrons. The number of likely N-dealkylation sites (N-methyl/N-ethyl adjacent to an activating group) is 1. The van der Waals surface area contributed by atoms with Crippen LogP contribution in [0.15, 0.2) is 24.3 Å². The molecule has 2 amide bonds. The van der Waals surface area contributed by atoms with Crippen molar-refractivity contribution in [1.29, 1.82) is 0 Å². The maximum Gasteiger partial charge on any atom is 0.416 e. The van der Waals surface area contributed by atoms with E-state index in [9.17, 15) is 22.8 Å². The summed E-state index contributed by atoms with van der Waals surface area (Å²) < 4.78 is 39.0. The Morgan fingerprint density at radius 2 is 1.92 bits per heavy atom. The van der Waals surface area contributed by atoms with Gasteiger partial charge in [0.2, 0.25) is 11.8 Å². The molecule has 7 heteroatoms. The Kier molecular flexibility index (Phi) is 5.85. The normalized spacial score (nSPS) is 16.0. The number of hydrogen-bond donors (Lipinski definition) is 0. The molecule has 1 saturated heterocycles. The Hall–Kier alpha value is -2.05. The fourth-order valence-corrected chi connectivity index (χ4v) is 2.77. The largest absolute Gasteiger partial charge is 0.416 e. The van der Waals surface area contributed by atoms with Crippen LogP contribution in [0.4, 0.5) is 13.2 Å². The van der Waals surface area contributed by atoms with Crippen LogP contribution in [0.25, 0.3) is 0 Å². The maximum atomic E-state index is 13.0. The Balaban J connectivity index is 2.03. The predicted octanol–water partition coefficient (Wildman–Crippen LogP) is 3.07. The Bertz CT molecular complexity index is 602. The number of amides is 2. The van der Waals surface area contributed by atoms with E-state index in [-0.39, 0.29) is 30.5 Å². The molecular formula is C17H21F3N2O2. The minimum Gasteiger partial charge on any atom is -0.340 e. The highest BCUT2D eigenvalue weighted by atomic mass is 19.4. The van der Waals surface area contributed by atoms with Crippen LogP contribution in [0.5, 0.6) is 0 Å². The summed E-state index contributed by atoms with van der Waals surface area (Å²) in [5, 5.41) is 0. The van der Waals surface area contributed by atoms with Crippen molar-refractivity contribution in [2.75, 3.05) is 20.1 Å². The van der Waals surface area contributed by atoms with Crippen LogP contribution in [-0.2, 0) is 22.3 Å². The van der Waals surface area contributed by atoms with Gasteiger partial charge >= 0.3 is 6.18 Å². The maximum absolute atomic E-state index is 13.0. The lowest BCUT2D eigenvalue weighted by Gasteiger charge is -2.25. The monoisotopic (exact) mass is 342 g/mol. The molecule has 1 heterocycles. The van der Waals surface area contributed by atoms with Crippen molar-refractivity contribution in [1.82, 2.24) is 9.80 Å². The van der Waals surface area contributed by atoms with Crippen molar-refractivity contribution in [3.63, 3.8) is 0 Å². The smallest absolute Gasteiger partial charge is 0.340 e. The molecule has 1 aromatic rings. The Labute approximate surface area is 139 Å². The van der Waals surface area contributed by atoms with E-state index < -0.39 is 11.7 Å². The first-order valence-electron chi connectivity index (χ1n) is 7.96. The fourth-order valence-electron chi connectivity index (χ4n) is 2.77. The third-order valence-electron chi connectivity index (χ3n) is 4.15. The molecule has 24 heavy (non-hydrogen) atoms. The topological polar surface area (TPSA) is 40.6 Å². The molecule has 0 saturated carbocycles. The molecule has 0 bridgehead atoms. The van der Waals surface area contributed by atoms with Crippen LogP contribution in [0.2, 0.25) is 0 Å². The number of halogens is 3. The van der Waals surface area contributed by atoms with Crippen LogP contribution in [0.1, 0.15) is 36.8 Å². The summed E-state index contributed by atoms with van der Waals surface area (Å²) in [6, 6.07) is 5.21. The van der Waals surface area contributed by atoms with E-state index in [0.717, 1.165) is 25.3 Å². The molecule has 0 aliphatic carbocycles. The summed E-state index contributed by atoms with van der Waals surface area (Å²) in [5.74, 6) is -0.424. The van der Waals surface area contributed by atoms with Crippen LogP contribution in [0.3, 0.4) is 0 Å². The molecule has 0 unspecified atom stereocenters. The molecule has 1 aliphatic rings. The van der Waals surface area contributed by atoms with Crippen molar-refractivity contribution in [3.8, 4) is 0 Å². The quantitative estimate of drug-likeness (QED) is 0.844. The van der Waals surface area contributed by atoms with Gasteiger partial charge < -0.3 is 9.80 Å². The Morgan fingerprint density at radius 3 is 2.62 bits per heavy atom. The lowest BCUT2D eigenvalue weighted by Crippen LogP contribution is -2.41. The van der Waals surface area contributed by atoms with Crippen molar-refractivity contribution in [3.05, 3.63) is 35.4 Å². The number of nitrogens with zero attached hydrogens (tertiary/aromatic N) is 2. The molecule has 1 fully saturated rings. The molecule has 1 aliphatic heterocycles. The van der Waals surface area contributed by atoms with Gasteiger partial charge in [-0.15, -0.1) is 0 Å². The van der Waals surface area contributed by atoms with Crippen LogP contribution in [0, 0.1) is 0 Å². The van der Waals surface area contributed by atoms with Crippen molar-refractivity contribution in [2.24, 2.45) is 0 Å². The average Bonchev–Trinajstić information content (AvgIpc) is 2.71. The first-order valence-corrected chi connectivity index (χ1v) is 7.96. The van der Waals surface area contributed by atoms with Gasteiger partial charge in [0, 0.05) is 26.6 Å². The third kappa shape index (κ3) is 4.72. The fraction of sp³-hybridized carbons (Fsp3) is 0.529.